The van der Waals surface area contributed by atoms with Crippen LogP contribution in [0.15, 0.2) is 28.8 Å². The first-order valence-corrected chi connectivity index (χ1v) is 7.54. The molecule has 0 aliphatic rings. The van der Waals surface area contributed by atoms with Crippen LogP contribution < -0.4 is 5.32 Å². The van der Waals surface area contributed by atoms with Crippen molar-refractivity contribution in [1.82, 2.24) is 10.5 Å². The van der Waals surface area contributed by atoms with Crippen LogP contribution in [0, 0.1) is 13.8 Å². The van der Waals surface area contributed by atoms with E-state index in [0.717, 1.165) is 18.0 Å². The van der Waals surface area contributed by atoms with E-state index in [4.69, 9.17) is 4.52 Å². The Bertz CT molecular complexity index is 571. The Kier molecular flexibility index (Phi) is 4.52. The number of hydrogen-bond acceptors (Lipinski definition) is 3. The summed E-state index contributed by atoms with van der Waals surface area (Å²) >= 11 is 0. The second-order valence-corrected chi connectivity index (χ2v) is 6.79. The molecule has 3 heteroatoms. The van der Waals surface area contributed by atoms with Crippen LogP contribution in [0.2, 0.25) is 0 Å². The van der Waals surface area contributed by atoms with Gasteiger partial charge in [-0.2, -0.15) is 0 Å². The van der Waals surface area contributed by atoms with Crippen LogP contribution in [0.1, 0.15) is 61.9 Å². The average Bonchev–Trinajstić information content (AvgIpc) is 2.75. The van der Waals surface area contributed by atoms with Crippen molar-refractivity contribution in [3.63, 3.8) is 0 Å². The molecule has 1 heterocycles. The van der Waals surface area contributed by atoms with Gasteiger partial charge in [0.05, 0.1) is 5.69 Å². The number of benzene rings is 1. The Morgan fingerprint density at radius 1 is 1.14 bits per heavy atom. The van der Waals surface area contributed by atoms with Crippen molar-refractivity contribution >= 4 is 0 Å². The molecule has 1 atom stereocenters. The first-order valence-electron chi connectivity index (χ1n) is 7.54. The topological polar surface area (TPSA) is 38.1 Å². The van der Waals surface area contributed by atoms with Crippen LogP contribution in [-0.2, 0) is 12.0 Å². The second kappa shape index (κ2) is 6.02. The van der Waals surface area contributed by atoms with Crippen LogP contribution in [0.5, 0.6) is 0 Å². The number of nitrogens with zero attached hydrogens (tertiary/aromatic N) is 1. The minimum atomic E-state index is 0.204. The first kappa shape index (κ1) is 15.8. The molecule has 21 heavy (non-hydrogen) atoms. The fourth-order valence-electron chi connectivity index (χ4n) is 2.60. The third-order valence-electron chi connectivity index (χ3n) is 3.95. The maximum absolute atomic E-state index is 5.23. The molecule has 0 fully saturated rings. The van der Waals surface area contributed by atoms with E-state index in [1.54, 1.807) is 0 Å². The molecule has 0 radical (unpaired) electrons. The van der Waals surface area contributed by atoms with Gasteiger partial charge in [0.15, 0.2) is 0 Å². The van der Waals surface area contributed by atoms with Crippen molar-refractivity contribution in [2.24, 2.45) is 0 Å². The lowest BCUT2D eigenvalue weighted by atomic mass is 9.87. The quantitative estimate of drug-likeness (QED) is 0.903. The highest BCUT2D eigenvalue weighted by Gasteiger charge is 2.16. The summed E-state index contributed by atoms with van der Waals surface area (Å²) in [6.45, 7) is 13.7. The normalized spacial score (nSPS) is 13.4. The number of aryl methyl sites for hydroxylation is 2. The van der Waals surface area contributed by atoms with E-state index < -0.39 is 0 Å². The Morgan fingerprint density at radius 3 is 2.24 bits per heavy atom. The molecule has 1 unspecified atom stereocenters. The zero-order valence-corrected chi connectivity index (χ0v) is 13.9. The Morgan fingerprint density at radius 2 is 1.76 bits per heavy atom. The zero-order valence-electron chi connectivity index (χ0n) is 13.9. The van der Waals surface area contributed by atoms with E-state index in [1.165, 1.54) is 16.7 Å². The number of rotatable bonds is 4. The number of aromatic nitrogens is 1. The van der Waals surface area contributed by atoms with Gasteiger partial charge in [-0.1, -0.05) is 50.2 Å². The fourth-order valence-corrected chi connectivity index (χ4v) is 2.60. The lowest BCUT2D eigenvalue weighted by Gasteiger charge is -2.19. The Balaban J connectivity index is 2.00. The predicted octanol–water partition coefficient (Wildman–Crippen LogP) is 4.44. The van der Waals surface area contributed by atoms with Gasteiger partial charge in [0.2, 0.25) is 0 Å². The predicted molar refractivity (Wildman–Crippen MR) is 86.4 cm³/mol. The van der Waals surface area contributed by atoms with E-state index in [-0.39, 0.29) is 11.5 Å². The van der Waals surface area contributed by atoms with E-state index in [0.29, 0.717) is 0 Å². The van der Waals surface area contributed by atoms with Gasteiger partial charge < -0.3 is 9.84 Å². The molecule has 0 spiro atoms. The summed E-state index contributed by atoms with van der Waals surface area (Å²) in [6.07, 6.45) is 0. The van der Waals surface area contributed by atoms with E-state index >= 15 is 0 Å². The van der Waals surface area contributed by atoms with Gasteiger partial charge in [-0.05, 0) is 37.3 Å². The molecule has 0 amide bonds. The summed E-state index contributed by atoms with van der Waals surface area (Å²) in [5, 5.41) is 7.56. The molecule has 1 N–H and O–H groups in total. The minimum Gasteiger partial charge on any atom is -0.361 e. The summed E-state index contributed by atoms with van der Waals surface area (Å²) in [6, 6.07) is 9.08. The highest BCUT2D eigenvalue weighted by atomic mass is 16.5. The van der Waals surface area contributed by atoms with Gasteiger partial charge in [0.1, 0.15) is 5.76 Å². The zero-order chi connectivity index (χ0) is 15.6. The Hall–Kier alpha value is -1.61. The highest BCUT2D eigenvalue weighted by molar-refractivity contribution is 5.28. The summed E-state index contributed by atoms with van der Waals surface area (Å²) in [7, 11) is 0. The largest absolute Gasteiger partial charge is 0.361 e. The molecular formula is C18H26N2O. The summed E-state index contributed by atoms with van der Waals surface area (Å²) in [5.74, 6) is 0.899. The van der Waals surface area contributed by atoms with Crippen LogP contribution in [-0.4, -0.2) is 5.16 Å². The van der Waals surface area contributed by atoms with Gasteiger partial charge in [0.25, 0.3) is 0 Å². The maximum atomic E-state index is 5.23. The average molecular weight is 286 g/mol. The molecule has 1 aromatic heterocycles. The molecule has 0 saturated heterocycles. The molecule has 0 aliphatic heterocycles. The molecule has 3 nitrogen and oxygen atoms in total. The lowest BCUT2D eigenvalue weighted by Crippen LogP contribution is -2.19. The van der Waals surface area contributed by atoms with Crippen molar-refractivity contribution in [3.05, 3.63) is 52.4 Å². The van der Waals surface area contributed by atoms with Crippen molar-refractivity contribution in [3.8, 4) is 0 Å². The van der Waals surface area contributed by atoms with Crippen molar-refractivity contribution in [1.29, 1.82) is 0 Å². The SMILES string of the molecule is Cc1noc(C)c1C(C)NCc1ccc(C(C)(C)C)cc1. The van der Waals surface area contributed by atoms with E-state index in [9.17, 15) is 0 Å². The van der Waals surface area contributed by atoms with Crippen molar-refractivity contribution in [2.75, 3.05) is 0 Å². The molecule has 1 aromatic carbocycles. The van der Waals surface area contributed by atoms with Gasteiger partial charge in [-0.15, -0.1) is 0 Å². The highest BCUT2D eigenvalue weighted by Crippen LogP contribution is 2.23. The standard InChI is InChI=1S/C18H26N2O/c1-12(17-13(2)20-21-14(17)3)19-11-15-7-9-16(10-8-15)18(4,5)6/h7-10,12,19H,11H2,1-6H3. The van der Waals surface area contributed by atoms with Crippen molar-refractivity contribution in [2.45, 2.75) is 59.5 Å². The smallest absolute Gasteiger partial charge is 0.138 e. The third kappa shape index (κ3) is 3.73. The summed E-state index contributed by atoms with van der Waals surface area (Å²) in [4.78, 5) is 0. The number of nitrogens with one attached hydrogen (secondary N) is 1. The van der Waals surface area contributed by atoms with Crippen LogP contribution in [0.25, 0.3) is 0 Å². The van der Waals surface area contributed by atoms with Crippen LogP contribution in [0.3, 0.4) is 0 Å². The molecule has 0 saturated carbocycles. The van der Waals surface area contributed by atoms with Crippen molar-refractivity contribution < 1.29 is 4.52 Å². The van der Waals surface area contributed by atoms with Crippen LogP contribution >= 0.6 is 0 Å². The maximum Gasteiger partial charge on any atom is 0.138 e. The van der Waals surface area contributed by atoms with Gasteiger partial charge in [0, 0.05) is 18.2 Å². The first-order chi connectivity index (χ1) is 9.79. The second-order valence-electron chi connectivity index (χ2n) is 6.79. The molecule has 0 aliphatic carbocycles. The van der Waals surface area contributed by atoms with Gasteiger partial charge in [-0.3, -0.25) is 0 Å². The van der Waals surface area contributed by atoms with Gasteiger partial charge in [-0.25, -0.2) is 0 Å². The fraction of sp³-hybridized carbons (Fsp3) is 0.500. The van der Waals surface area contributed by atoms with Crippen LogP contribution in [0.4, 0.5) is 0 Å². The molecular weight excluding hydrogens is 260 g/mol. The minimum absolute atomic E-state index is 0.204. The number of hydrogen-bond donors (Lipinski definition) is 1. The summed E-state index contributed by atoms with van der Waals surface area (Å²) < 4.78 is 5.23. The molecule has 2 aromatic rings. The molecule has 114 valence electrons. The van der Waals surface area contributed by atoms with E-state index in [1.807, 2.05) is 13.8 Å². The molecule has 2 rings (SSSR count). The van der Waals surface area contributed by atoms with E-state index in [2.05, 4.69) is 62.4 Å². The molecule has 0 bridgehead atoms. The lowest BCUT2D eigenvalue weighted by molar-refractivity contribution is 0.390. The van der Waals surface area contributed by atoms with Gasteiger partial charge >= 0.3 is 0 Å². The monoisotopic (exact) mass is 286 g/mol. The third-order valence-corrected chi connectivity index (χ3v) is 3.95. The summed E-state index contributed by atoms with van der Waals surface area (Å²) in [5.41, 5.74) is 5.00. The Labute approximate surface area is 127 Å².